The van der Waals surface area contributed by atoms with Gasteiger partial charge in [0, 0.05) is 18.1 Å². The normalized spacial score (nSPS) is 11.5. The second-order valence-electron chi connectivity index (χ2n) is 5.69. The van der Waals surface area contributed by atoms with E-state index < -0.39 is 5.97 Å². The highest BCUT2D eigenvalue weighted by Crippen LogP contribution is 2.17. The Morgan fingerprint density at radius 3 is 2.74 bits per heavy atom. The van der Waals surface area contributed by atoms with E-state index in [1.807, 2.05) is 0 Å². The van der Waals surface area contributed by atoms with Crippen molar-refractivity contribution in [1.29, 1.82) is 0 Å². The number of nitrogens with one attached hydrogen (secondary N) is 1. The molecule has 1 heterocycles. The zero-order chi connectivity index (χ0) is 14.0. The number of fused-ring (bicyclic) bond motifs is 1. The average Bonchev–Trinajstić information content (AvgIpc) is 2.34. The molecule has 1 aromatic carbocycles. The molecule has 5 nitrogen and oxygen atoms in total. The summed E-state index contributed by atoms with van der Waals surface area (Å²) >= 11 is 0. The van der Waals surface area contributed by atoms with Gasteiger partial charge in [-0.1, -0.05) is 20.8 Å². The number of benzene rings is 1. The molecule has 0 aliphatic carbocycles. The molecule has 0 saturated heterocycles. The van der Waals surface area contributed by atoms with Gasteiger partial charge in [0.05, 0.1) is 11.1 Å². The van der Waals surface area contributed by atoms with E-state index in [-0.39, 0.29) is 11.0 Å². The van der Waals surface area contributed by atoms with Gasteiger partial charge in [-0.2, -0.15) is 0 Å². The van der Waals surface area contributed by atoms with Crippen molar-refractivity contribution in [3.63, 3.8) is 0 Å². The Balaban J connectivity index is 2.26. The van der Waals surface area contributed by atoms with Crippen molar-refractivity contribution in [3.8, 4) is 0 Å². The molecule has 2 N–H and O–H groups in total. The van der Waals surface area contributed by atoms with E-state index in [0.29, 0.717) is 5.95 Å². The third-order valence-electron chi connectivity index (χ3n) is 2.60. The third kappa shape index (κ3) is 3.40. The van der Waals surface area contributed by atoms with Gasteiger partial charge in [0.1, 0.15) is 0 Å². The lowest BCUT2D eigenvalue weighted by Gasteiger charge is -2.18. The molecule has 2 rings (SSSR count). The summed E-state index contributed by atoms with van der Waals surface area (Å²) in [6, 6.07) is 4.82. The van der Waals surface area contributed by atoms with Gasteiger partial charge in [-0.15, -0.1) is 0 Å². The number of hydrogen-bond donors (Lipinski definition) is 2. The molecule has 0 aliphatic heterocycles. The van der Waals surface area contributed by atoms with Gasteiger partial charge in [0.15, 0.2) is 0 Å². The fourth-order valence-corrected chi connectivity index (χ4v) is 1.60. The van der Waals surface area contributed by atoms with Crippen molar-refractivity contribution in [2.75, 3.05) is 11.9 Å². The number of carboxylic acid groups (broad SMARTS) is 1. The SMILES string of the molecule is CC(C)(C)CNc1ncc2cc(C(=O)O)ccc2n1. The Labute approximate surface area is 111 Å². The molecular formula is C14H17N3O2. The van der Waals surface area contributed by atoms with Gasteiger partial charge in [0.2, 0.25) is 5.95 Å². The summed E-state index contributed by atoms with van der Waals surface area (Å²) in [5.74, 6) is -0.387. The third-order valence-corrected chi connectivity index (χ3v) is 2.60. The highest BCUT2D eigenvalue weighted by Gasteiger charge is 2.11. The fourth-order valence-electron chi connectivity index (χ4n) is 1.60. The molecule has 1 aromatic heterocycles. The van der Waals surface area contributed by atoms with E-state index in [9.17, 15) is 4.79 Å². The van der Waals surface area contributed by atoms with Crippen LogP contribution in [0, 0.1) is 5.41 Å². The van der Waals surface area contributed by atoms with Crippen molar-refractivity contribution in [3.05, 3.63) is 30.0 Å². The Bertz CT molecular complexity index is 618. The van der Waals surface area contributed by atoms with Crippen LogP contribution in [-0.2, 0) is 0 Å². The molecule has 0 fully saturated rings. The van der Waals surface area contributed by atoms with Crippen LogP contribution in [0.3, 0.4) is 0 Å². The Kier molecular flexibility index (Phi) is 3.38. The second kappa shape index (κ2) is 4.84. The van der Waals surface area contributed by atoms with Crippen LogP contribution in [0.25, 0.3) is 10.9 Å². The molecule has 0 amide bonds. The topological polar surface area (TPSA) is 75.1 Å². The van der Waals surface area contributed by atoms with E-state index in [0.717, 1.165) is 17.4 Å². The Morgan fingerprint density at radius 2 is 2.11 bits per heavy atom. The molecule has 0 atom stereocenters. The van der Waals surface area contributed by atoms with Gasteiger partial charge < -0.3 is 10.4 Å². The van der Waals surface area contributed by atoms with E-state index >= 15 is 0 Å². The quantitative estimate of drug-likeness (QED) is 0.886. The van der Waals surface area contributed by atoms with Gasteiger partial charge in [-0.05, 0) is 23.6 Å². The standard InChI is InChI=1S/C14H17N3O2/c1-14(2,3)8-16-13-15-7-10-6-9(12(18)19)4-5-11(10)17-13/h4-7H,8H2,1-3H3,(H,18,19)(H,15,16,17). The zero-order valence-electron chi connectivity index (χ0n) is 11.3. The first-order valence-electron chi connectivity index (χ1n) is 6.09. The van der Waals surface area contributed by atoms with Crippen LogP contribution in [0.4, 0.5) is 5.95 Å². The summed E-state index contributed by atoms with van der Waals surface area (Å²) in [7, 11) is 0. The molecule has 0 radical (unpaired) electrons. The van der Waals surface area contributed by atoms with E-state index in [4.69, 9.17) is 5.11 Å². The minimum Gasteiger partial charge on any atom is -0.478 e. The summed E-state index contributed by atoms with van der Waals surface area (Å²) in [6.45, 7) is 7.15. The Hall–Kier alpha value is -2.17. The number of carboxylic acids is 1. The van der Waals surface area contributed by atoms with Crippen LogP contribution >= 0.6 is 0 Å². The lowest BCUT2D eigenvalue weighted by molar-refractivity contribution is 0.0697. The summed E-state index contributed by atoms with van der Waals surface area (Å²) in [4.78, 5) is 19.4. The molecule has 2 aromatic rings. The molecule has 0 aliphatic rings. The van der Waals surface area contributed by atoms with Crippen LogP contribution in [0.5, 0.6) is 0 Å². The number of aromatic nitrogens is 2. The van der Waals surface area contributed by atoms with E-state index in [1.54, 1.807) is 24.4 Å². The predicted octanol–water partition coefficient (Wildman–Crippen LogP) is 2.79. The van der Waals surface area contributed by atoms with E-state index in [2.05, 4.69) is 36.1 Å². The maximum atomic E-state index is 10.9. The summed E-state index contributed by atoms with van der Waals surface area (Å²) < 4.78 is 0. The van der Waals surface area contributed by atoms with Gasteiger partial charge in [-0.3, -0.25) is 0 Å². The molecular weight excluding hydrogens is 242 g/mol. The minimum absolute atomic E-state index is 0.144. The van der Waals surface area contributed by atoms with Crippen LogP contribution in [-0.4, -0.2) is 27.6 Å². The molecule has 0 spiro atoms. The van der Waals surface area contributed by atoms with Crippen LogP contribution < -0.4 is 5.32 Å². The molecule has 19 heavy (non-hydrogen) atoms. The largest absolute Gasteiger partial charge is 0.478 e. The van der Waals surface area contributed by atoms with Crippen molar-refractivity contribution >= 4 is 22.8 Å². The predicted molar refractivity (Wildman–Crippen MR) is 74.4 cm³/mol. The molecule has 100 valence electrons. The number of nitrogens with zero attached hydrogens (tertiary/aromatic N) is 2. The monoisotopic (exact) mass is 259 g/mol. The summed E-state index contributed by atoms with van der Waals surface area (Å²) in [6.07, 6.45) is 1.64. The first-order valence-corrected chi connectivity index (χ1v) is 6.09. The molecule has 0 saturated carbocycles. The Morgan fingerprint density at radius 1 is 1.37 bits per heavy atom. The number of anilines is 1. The van der Waals surface area contributed by atoms with Crippen molar-refractivity contribution in [1.82, 2.24) is 9.97 Å². The lowest BCUT2D eigenvalue weighted by atomic mass is 9.97. The van der Waals surface area contributed by atoms with Gasteiger partial charge >= 0.3 is 5.97 Å². The van der Waals surface area contributed by atoms with Crippen molar-refractivity contribution in [2.24, 2.45) is 5.41 Å². The molecule has 0 unspecified atom stereocenters. The highest BCUT2D eigenvalue weighted by atomic mass is 16.4. The van der Waals surface area contributed by atoms with Crippen molar-refractivity contribution in [2.45, 2.75) is 20.8 Å². The average molecular weight is 259 g/mol. The van der Waals surface area contributed by atoms with Crippen LogP contribution in [0.1, 0.15) is 31.1 Å². The smallest absolute Gasteiger partial charge is 0.335 e. The zero-order valence-corrected chi connectivity index (χ0v) is 11.3. The van der Waals surface area contributed by atoms with Crippen LogP contribution in [0.2, 0.25) is 0 Å². The van der Waals surface area contributed by atoms with Crippen LogP contribution in [0.15, 0.2) is 24.4 Å². The van der Waals surface area contributed by atoms with Gasteiger partial charge in [0.25, 0.3) is 0 Å². The molecule has 5 heteroatoms. The number of aromatic carboxylic acids is 1. The first kappa shape index (κ1) is 13.3. The fraction of sp³-hybridized carbons (Fsp3) is 0.357. The van der Waals surface area contributed by atoms with Crippen molar-refractivity contribution < 1.29 is 9.90 Å². The first-order chi connectivity index (χ1) is 8.85. The summed E-state index contributed by atoms with van der Waals surface area (Å²) in [5, 5.41) is 12.8. The lowest BCUT2D eigenvalue weighted by Crippen LogP contribution is -2.20. The van der Waals surface area contributed by atoms with E-state index in [1.165, 1.54) is 0 Å². The number of rotatable bonds is 3. The maximum absolute atomic E-state index is 10.9. The second-order valence-corrected chi connectivity index (χ2v) is 5.69. The molecule has 0 bridgehead atoms. The number of carbonyl (C=O) groups is 1. The number of hydrogen-bond acceptors (Lipinski definition) is 4. The summed E-state index contributed by atoms with van der Waals surface area (Å²) in [5.41, 5.74) is 1.12. The maximum Gasteiger partial charge on any atom is 0.335 e. The minimum atomic E-state index is -0.947. The van der Waals surface area contributed by atoms with Gasteiger partial charge in [-0.25, -0.2) is 14.8 Å². The highest BCUT2D eigenvalue weighted by molar-refractivity contribution is 5.93.